The predicted molar refractivity (Wildman–Crippen MR) is 146 cm³/mol. The maximum atomic E-state index is 5.03. The third-order valence-electron chi connectivity index (χ3n) is 7.21. The van der Waals surface area contributed by atoms with E-state index in [2.05, 4.69) is 106 Å². The van der Waals surface area contributed by atoms with Gasteiger partial charge in [0.1, 0.15) is 0 Å². The number of fused-ring (bicyclic) bond motifs is 4. The fourth-order valence-electron chi connectivity index (χ4n) is 5.39. The molecule has 1 aliphatic heterocycles. The summed E-state index contributed by atoms with van der Waals surface area (Å²) >= 11 is -2.50. The summed E-state index contributed by atoms with van der Waals surface area (Å²) < 4.78 is 3.19. The molecule has 0 aliphatic carbocycles. The van der Waals surface area contributed by atoms with Crippen LogP contribution in [-0.2, 0) is 0 Å². The topological polar surface area (TPSA) is 12.9 Å². The standard InChI is InChI=1S/C29H33GeNSi/c1-19(2)26-17-21(16-20-10-8-9-11-23(20)26)29-28-25(14-15-31-29)24-13-12-22(32(5,6)7)18-27(24)30(28,3)4/h8-19H,1-7H3. The second-order valence-electron chi connectivity index (χ2n) is 11.2. The molecule has 1 aromatic heterocycles. The summed E-state index contributed by atoms with van der Waals surface area (Å²) in [6.45, 7) is 11.9. The van der Waals surface area contributed by atoms with Crippen LogP contribution in [0.3, 0.4) is 0 Å². The molecule has 0 saturated heterocycles. The average molecular weight is 496 g/mol. The van der Waals surface area contributed by atoms with Crippen molar-refractivity contribution in [2.24, 2.45) is 0 Å². The Labute approximate surface area is 196 Å². The molecule has 3 aromatic carbocycles. The van der Waals surface area contributed by atoms with Gasteiger partial charge in [-0.05, 0) is 0 Å². The Balaban J connectivity index is 1.77. The van der Waals surface area contributed by atoms with E-state index in [1.165, 1.54) is 38.7 Å². The number of pyridine rings is 1. The predicted octanol–water partition coefficient (Wildman–Crippen LogP) is 6.37. The second-order valence-corrected chi connectivity index (χ2v) is 25.2. The van der Waals surface area contributed by atoms with Crippen LogP contribution in [0.25, 0.3) is 33.2 Å². The van der Waals surface area contributed by atoms with Gasteiger partial charge in [0.15, 0.2) is 0 Å². The summed E-state index contributed by atoms with van der Waals surface area (Å²) in [4.78, 5) is 5.03. The Morgan fingerprint density at radius 2 is 1.59 bits per heavy atom. The van der Waals surface area contributed by atoms with E-state index in [-0.39, 0.29) is 0 Å². The Kier molecular flexibility index (Phi) is 5.03. The fraction of sp³-hybridized carbons (Fsp3) is 0.276. The first-order valence-electron chi connectivity index (χ1n) is 11.8. The minimum absolute atomic E-state index is 0.475. The molecule has 0 atom stereocenters. The van der Waals surface area contributed by atoms with Gasteiger partial charge in [0.05, 0.1) is 0 Å². The molecule has 162 valence electrons. The van der Waals surface area contributed by atoms with Crippen LogP contribution in [0.2, 0.25) is 31.2 Å². The molecule has 32 heavy (non-hydrogen) atoms. The summed E-state index contributed by atoms with van der Waals surface area (Å²) in [6, 6.07) is 23.2. The molecular weight excluding hydrogens is 463 g/mol. The quantitative estimate of drug-likeness (QED) is 0.301. The van der Waals surface area contributed by atoms with Gasteiger partial charge in [0.25, 0.3) is 0 Å². The summed E-state index contributed by atoms with van der Waals surface area (Å²) in [5.41, 5.74) is 6.79. The molecule has 3 heteroatoms. The van der Waals surface area contributed by atoms with Crippen molar-refractivity contribution in [3.8, 4) is 22.4 Å². The molecule has 0 bridgehead atoms. The minimum atomic E-state index is -2.50. The molecule has 0 unspecified atom stereocenters. The van der Waals surface area contributed by atoms with E-state index in [9.17, 15) is 0 Å². The molecule has 1 aliphatic rings. The number of hydrogen-bond acceptors (Lipinski definition) is 1. The zero-order chi connectivity index (χ0) is 22.8. The van der Waals surface area contributed by atoms with Gasteiger partial charge in [-0.15, -0.1) is 0 Å². The Morgan fingerprint density at radius 3 is 2.31 bits per heavy atom. The van der Waals surface area contributed by atoms with E-state index < -0.39 is 21.3 Å². The van der Waals surface area contributed by atoms with Gasteiger partial charge in [-0.25, -0.2) is 0 Å². The zero-order valence-corrected chi connectivity index (χ0v) is 23.5. The Hall–Kier alpha value is -2.17. The summed E-state index contributed by atoms with van der Waals surface area (Å²) in [6.07, 6.45) is 2.03. The Morgan fingerprint density at radius 1 is 0.844 bits per heavy atom. The van der Waals surface area contributed by atoms with Gasteiger partial charge >= 0.3 is 197 Å². The van der Waals surface area contributed by atoms with Crippen molar-refractivity contribution in [3.05, 3.63) is 72.4 Å². The molecule has 2 heterocycles. The van der Waals surface area contributed by atoms with E-state index >= 15 is 0 Å². The fourth-order valence-corrected chi connectivity index (χ4v) is 13.9. The maximum absolute atomic E-state index is 5.03. The number of rotatable bonds is 3. The molecule has 1 nitrogen and oxygen atoms in total. The summed E-state index contributed by atoms with van der Waals surface area (Å²) in [7, 11) is -1.36. The van der Waals surface area contributed by atoms with Crippen molar-refractivity contribution in [3.63, 3.8) is 0 Å². The normalized spacial score (nSPS) is 14.6. The van der Waals surface area contributed by atoms with Crippen LogP contribution < -0.4 is 14.0 Å². The van der Waals surface area contributed by atoms with Crippen LogP contribution in [0.1, 0.15) is 25.3 Å². The average Bonchev–Trinajstić information content (AvgIpc) is 2.99. The third-order valence-corrected chi connectivity index (χ3v) is 16.6. The van der Waals surface area contributed by atoms with Crippen LogP contribution in [-0.4, -0.2) is 26.3 Å². The summed E-state index contributed by atoms with van der Waals surface area (Å²) in [5.74, 6) is 5.60. The first-order chi connectivity index (χ1) is 15.1. The van der Waals surface area contributed by atoms with Gasteiger partial charge in [-0.3, -0.25) is 0 Å². The summed E-state index contributed by atoms with van der Waals surface area (Å²) in [5, 5.41) is 4.25. The van der Waals surface area contributed by atoms with Crippen LogP contribution in [0.15, 0.2) is 66.9 Å². The van der Waals surface area contributed by atoms with Crippen molar-refractivity contribution >= 4 is 46.1 Å². The molecule has 4 aromatic rings. The third kappa shape index (κ3) is 3.31. The molecule has 0 amide bonds. The van der Waals surface area contributed by atoms with Crippen molar-refractivity contribution in [2.45, 2.75) is 50.9 Å². The van der Waals surface area contributed by atoms with E-state index in [1.54, 1.807) is 14.0 Å². The molecule has 0 N–H and O–H groups in total. The Bertz CT molecular complexity index is 1360. The zero-order valence-electron chi connectivity index (χ0n) is 20.4. The number of benzene rings is 3. The van der Waals surface area contributed by atoms with Gasteiger partial charge in [0, 0.05) is 0 Å². The van der Waals surface area contributed by atoms with Gasteiger partial charge in [0.2, 0.25) is 0 Å². The van der Waals surface area contributed by atoms with E-state index in [0.717, 1.165) is 0 Å². The van der Waals surface area contributed by atoms with Crippen LogP contribution in [0.4, 0.5) is 0 Å². The van der Waals surface area contributed by atoms with Crippen LogP contribution in [0, 0.1) is 0 Å². The van der Waals surface area contributed by atoms with E-state index in [0.29, 0.717) is 5.92 Å². The van der Waals surface area contributed by atoms with Crippen molar-refractivity contribution in [2.75, 3.05) is 0 Å². The van der Waals surface area contributed by atoms with Gasteiger partial charge in [-0.1, -0.05) is 0 Å². The molecule has 0 saturated carbocycles. The van der Waals surface area contributed by atoms with E-state index in [4.69, 9.17) is 4.98 Å². The number of hydrogen-bond donors (Lipinski definition) is 0. The van der Waals surface area contributed by atoms with Crippen LogP contribution in [0.5, 0.6) is 0 Å². The molecule has 0 radical (unpaired) electrons. The van der Waals surface area contributed by atoms with Crippen molar-refractivity contribution in [1.82, 2.24) is 4.98 Å². The molecule has 0 spiro atoms. The molecular formula is C29H33GeNSi. The van der Waals surface area contributed by atoms with Crippen molar-refractivity contribution in [1.29, 1.82) is 0 Å². The first kappa shape index (κ1) is 21.7. The molecule has 0 fully saturated rings. The molecule has 5 rings (SSSR count). The van der Waals surface area contributed by atoms with Gasteiger partial charge < -0.3 is 0 Å². The van der Waals surface area contributed by atoms with Gasteiger partial charge in [-0.2, -0.15) is 0 Å². The SMILES string of the molecule is CC(C)c1cc(-c2nccc3[c]2[Ge]([CH3])([CH3])[c]2cc([Si](C)(C)C)ccc2-3)cc2ccccc12. The monoisotopic (exact) mass is 497 g/mol. The number of nitrogens with zero attached hydrogens (tertiary/aromatic N) is 1. The van der Waals surface area contributed by atoms with Crippen LogP contribution >= 0.6 is 0 Å². The first-order valence-corrected chi connectivity index (χ1v) is 21.6. The number of aromatic nitrogens is 1. The van der Waals surface area contributed by atoms with Crippen molar-refractivity contribution < 1.29 is 0 Å². The second kappa shape index (κ2) is 7.43. The van der Waals surface area contributed by atoms with E-state index in [1.807, 2.05) is 6.20 Å².